The van der Waals surface area contributed by atoms with Crippen molar-refractivity contribution in [2.45, 2.75) is 45.7 Å². The highest BCUT2D eigenvalue weighted by molar-refractivity contribution is 5.99. The van der Waals surface area contributed by atoms with E-state index in [9.17, 15) is 22.8 Å². The van der Waals surface area contributed by atoms with Gasteiger partial charge in [-0.15, -0.1) is 0 Å². The third-order valence-electron chi connectivity index (χ3n) is 3.47. The quantitative estimate of drug-likeness (QED) is 0.783. The smallest absolute Gasteiger partial charge is 0.296 e. The van der Waals surface area contributed by atoms with E-state index >= 15 is 0 Å². The minimum atomic E-state index is -4.18. The van der Waals surface area contributed by atoms with Gasteiger partial charge in [-0.25, -0.2) is 0 Å². The van der Waals surface area contributed by atoms with Crippen molar-refractivity contribution in [1.29, 1.82) is 0 Å². The van der Waals surface area contributed by atoms with E-state index in [1.165, 1.54) is 0 Å². The Morgan fingerprint density at radius 1 is 1.41 bits per heavy atom. The molecule has 0 aromatic carbocycles. The molecule has 3 nitrogen and oxygen atoms in total. The molecule has 1 aliphatic heterocycles. The summed E-state index contributed by atoms with van der Waals surface area (Å²) in [6.07, 6.45) is -4.76. The molecular formula is C11H16F3NO2. The van der Waals surface area contributed by atoms with Crippen LogP contribution in [0.3, 0.4) is 0 Å². The van der Waals surface area contributed by atoms with Gasteiger partial charge in [0.15, 0.2) is 0 Å². The lowest BCUT2D eigenvalue weighted by Crippen LogP contribution is -2.49. The van der Waals surface area contributed by atoms with Crippen molar-refractivity contribution in [3.05, 3.63) is 0 Å². The van der Waals surface area contributed by atoms with Gasteiger partial charge < -0.3 is 0 Å². The number of hydrogen-bond acceptors (Lipinski definition) is 2. The number of rotatable bonds is 3. The zero-order valence-electron chi connectivity index (χ0n) is 9.86. The summed E-state index contributed by atoms with van der Waals surface area (Å²) in [5.41, 5.74) is -0.662. The molecule has 0 aliphatic carbocycles. The number of alkyl halides is 3. The number of amides is 2. The Bertz CT molecular complexity index is 327. The minimum absolute atomic E-state index is 0.0507. The number of carbonyl (C=O) groups excluding carboxylic acids is 2. The normalized spacial score (nSPS) is 30.3. The van der Waals surface area contributed by atoms with E-state index in [2.05, 4.69) is 5.32 Å². The summed E-state index contributed by atoms with van der Waals surface area (Å²) in [5.74, 6) is -1.23. The van der Waals surface area contributed by atoms with Crippen molar-refractivity contribution < 1.29 is 22.8 Å². The first-order valence-corrected chi connectivity index (χ1v) is 5.54. The summed E-state index contributed by atoms with van der Waals surface area (Å²) >= 11 is 0. The van der Waals surface area contributed by atoms with Gasteiger partial charge in [-0.1, -0.05) is 13.8 Å². The standard InChI is InChI=1S/C11H16F3NO2/c1-7-9(17)15-8(16)6-10(7,2)4-3-5-11(12,13)14/h7H,3-6H2,1-2H3,(H,15,16,17). The molecule has 17 heavy (non-hydrogen) atoms. The average Bonchev–Trinajstić information content (AvgIpc) is 2.11. The molecule has 98 valence electrons. The second-order valence-corrected chi connectivity index (χ2v) is 4.93. The molecule has 6 heteroatoms. The van der Waals surface area contributed by atoms with Crippen LogP contribution < -0.4 is 5.32 Å². The number of imide groups is 1. The molecule has 0 saturated carbocycles. The van der Waals surface area contributed by atoms with E-state index in [-0.39, 0.29) is 19.3 Å². The van der Waals surface area contributed by atoms with Gasteiger partial charge in [0.25, 0.3) is 0 Å². The minimum Gasteiger partial charge on any atom is -0.296 e. The maximum Gasteiger partial charge on any atom is 0.389 e. The number of hydrogen-bond donors (Lipinski definition) is 1. The van der Waals surface area contributed by atoms with Crippen LogP contribution in [0.5, 0.6) is 0 Å². The highest BCUT2D eigenvalue weighted by Crippen LogP contribution is 2.40. The molecule has 0 radical (unpaired) electrons. The van der Waals surface area contributed by atoms with Gasteiger partial charge in [0.2, 0.25) is 11.8 Å². The fourth-order valence-electron chi connectivity index (χ4n) is 2.12. The maximum atomic E-state index is 12.0. The first kappa shape index (κ1) is 14.0. The van der Waals surface area contributed by atoms with Gasteiger partial charge >= 0.3 is 6.18 Å². The van der Waals surface area contributed by atoms with Crippen LogP contribution >= 0.6 is 0 Å². The summed E-state index contributed by atoms with van der Waals surface area (Å²) in [5, 5.41) is 2.19. The molecule has 1 aliphatic rings. The number of carbonyl (C=O) groups is 2. The molecule has 1 saturated heterocycles. The van der Waals surface area contributed by atoms with Crippen LogP contribution in [0.4, 0.5) is 13.2 Å². The molecule has 2 amide bonds. The van der Waals surface area contributed by atoms with Gasteiger partial charge in [-0.2, -0.15) is 13.2 Å². The van der Waals surface area contributed by atoms with Gasteiger partial charge in [-0.05, 0) is 18.3 Å². The van der Waals surface area contributed by atoms with Crippen molar-refractivity contribution in [2.24, 2.45) is 11.3 Å². The van der Waals surface area contributed by atoms with Crippen molar-refractivity contribution in [1.82, 2.24) is 5.32 Å². The first-order chi connectivity index (χ1) is 7.64. The van der Waals surface area contributed by atoms with E-state index in [0.29, 0.717) is 0 Å². The van der Waals surface area contributed by atoms with Crippen molar-refractivity contribution in [3.63, 3.8) is 0 Å². The third-order valence-corrected chi connectivity index (χ3v) is 3.47. The van der Waals surface area contributed by atoms with Crippen molar-refractivity contribution in [3.8, 4) is 0 Å². The SMILES string of the molecule is CC1C(=O)NC(=O)CC1(C)CCCC(F)(F)F. The highest BCUT2D eigenvalue weighted by atomic mass is 19.4. The Balaban J connectivity index is 2.60. The number of piperidine rings is 1. The second kappa shape index (κ2) is 4.66. The van der Waals surface area contributed by atoms with Crippen LogP contribution in [-0.2, 0) is 9.59 Å². The van der Waals surface area contributed by atoms with E-state index in [4.69, 9.17) is 0 Å². The van der Waals surface area contributed by atoms with Crippen LogP contribution in [0.1, 0.15) is 39.5 Å². The average molecular weight is 251 g/mol. The Morgan fingerprint density at radius 2 is 2.00 bits per heavy atom. The molecule has 0 aromatic heterocycles. The van der Waals surface area contributed by atoms with Gasteiger partial charge in [0.1, 0.15) is 0 Å². The van der Waals surface area contributed by atoms with E-state index in [1.54, 1.807) is 13.8 Å². The Hall–Kier alpha value is -1.07. The van der Waals surface area contributed by atoms with E-state index < -0.39 is 35.7 Å². The molecule has 2 unspecified atom stereocenters. The van der Waals surface area contributed by atoms with Gasteiger partial charge in [0.05, 0.1) is 0 Å². The van der Waals surface area contributed by atoms with Crippen molar-refractivity contribution in [2.75, 3.05) is 0 Å². The monoisotopic (exact) mass is 251 g/mol. The lowest BCUT2D eigenvalue weighted by Gasteiger charge is -2.38. The third kappa shape index (κ3) is 3.71. The lowest BCUT2D eigenvalue weighted by atomic mass is 9.69. The molecule has 1 fully saturated rings. The summed E-state index contributed by atoms with van der Waals surface area (Å²) in [4.78, 5) is 22.7. The predicted molar refractivity (Wildman–Crippen MR) is 54.9 cm³/mol. The Kier molecular flexibility index (Phi) is 3.84. The first-order valence-electron chi connectivity index (χ1n) is 5.54. The molecule has 0 bridgehead atoms. The van der Waals surface area contributed by atoms with Crippen LogP contribution in [-0.4, -0.2) is 18.0 Å². The lowest BCUT2D eigenvalue weighted by molar-refractivity contribution is -0.144. The van der Waals surface area contributed by atoms with Crippen LogP contribution in [0.15, 0.2) is 0 Å². The topological polar surface area (TPSA) is 46.2 Å². The van der Waals surface area contributed by atoms with Gasteiger partial charge in [0, 0.05) is 18.8 Å². The molecule has 1 rings (SSSR count). The molecule has 1 heterocycles. The molecule has 0 aromatic rings. The fourth-order valence-corrected chi connectivity index (χ4v) is 2.12. The van der Waals surface area contributed by atoms with Crippen molar-refractivity contribution >= 4 is 11.8 Å². The molecular weight excluding hydrogens is 235 g/mol. The second-order valence-electron chi connectivity index (χ2n) is 4.93. The largest absolute Gasteiger partial charge is 0.389 e. The summed E-state index contributed by atoms with van der Waals surface area (Å²) in [6, 6.07) is 0. The zero-order valence-corrected chi connectivity index (χ0v) is 9.86. The number of nitrogens with one attached hydrogen (secondary N) is 1. The molecule has 0 spiro atoms. The van der Waals surface area contributed by atoms with Crippen LogP contribution in [0, 0.1) is 11.3 Å². The predicted octanol–water partition coefficient (Wildman–Crippen LogP) is 2.41. The van der Waals surface area contributed by atoms with E-state index in [1.807, 2.05) is 0 Å². The fraction of sp³-hybridized carbons (Fsp3) is 0.818. The van der Waals surface area contributed by atoms with Crippen LogP contribution in [0.2, 0.25) is 0 Å². The van der Waals surface area contributed by atoms with Crippen LogP contribution in [0.25, 0.3) is 0 Å². The van der Waals surface area contributed by atoms with Gasteiger partial charge in [-0.3, -0.25) is 14.9 Å². The summed E-state index contributed by atoms with van der Waals surface area (Å²) < 4.78 is 36.1. The maximum absolute atomic E-state index is 12.0. The highest BCUT2D eigenvalue weighted by Gasteiger charge is 2.42. The number of halogens is 3. The molecule has 2 atom stereocenters. The zero-order chi connectivity index (χ0) is 13.3. The Morgan fingerprint density at radius 3 is 2.53 bits per heavy atom. The Labute approximate surface area is 97.8 Å². The molecule has 1 N–H and O–H groups in total. The summed E-state index contributed by atoms with van der Waals surface area (Å²) in [6.45, 7) is 3.35. The summed E-state index contributed by atoms with van der Waals surface area (Å²) in [7, 11) is 0. The van der Waals surface area contributed by atoms with E-state index in [0.717, 1.165) is 0 Å².